The van der Waals surface area contributed by atoms with Crippen molar-refractivity contribution in [2.45, 2.75) is 12.6 Å². The highest BCUT2D eigenvalue weighted by atomic mass is 19.1. The molecule has 6 nitrogen and oxygen atoms in total. The first kappa shape index (κ1) is 19.0. The number of methoxy groups -OCH3 is 1. The lowest BCUT2D eigenvalue weighted by Crippen LogP contribution is -2.40. The van der Waals surface area contributed by atoms with Crippen molar-refractivity contribution in [2.75, 3.05) is 34.5 Å². The van der Waals surface area contributed by atoms with Gasteiger partial charge in [0.15, 0.2) is 17.5 Å². The van der Waals surface area contributed by atoms with Crippen LogP contribution < -0.4 is 14.8 Å². The molecular weight excluding hydrogens is 349 g/mol. The minimum atomic E-state index is -0.263. The fourth-order valence-electron chi connectivity index (χ4n) is 2.97. The third kappa shape index (κ3) is 4.68. The quantitative estimate of drug-likeness (QED) is 0.623. The van der Waals surface area contributed by atoms with Gasteiger partial charge < -0.3 is 24.4 Å². The molecule has 0 amide bonds. The largest absolute Gasteiger partial charge is 0.454 e. The third-order valence-electron chi connectivity index (χ3n) is 4.40. The van der Waals surface area contributed by atoms with Gasteiger partial charge in [-0.05, 0) is 35.4 Å². The molecule has 0 fully saturated rings. The summed E-state index contributed by atoms with van der Waals surface area (Å²) in [5, 5.41) is 3.31. The Hall–Kier alpha value is -2.80. The van der Waals surface area contributed by atoms with Crippen LogP contribution >= 0.6 is 0 Å². The van der Waals surface area contributed by atoms with Crippen LogP contribution in [0.5, 0.6) is 11.5 Å². The van der Waals surface area contributed by atoms with Crippen LogP contribution in [0.2, 0.25) is 0 Å². The summed E-state index contributed by atoms with van der Waals surface area (Å²) in [6, 6.07) is 12.2. The molecule has 27 heavy (non-hydrogen) atoms. The van der Waals surface area contributed by atoms with Crippen LogP contribution in [0.25, 0.3) is 0 Å². The molecule has 1 atom stereocenters. The van der Waals surface area contributed by atoms with Gasteiger partial charge >= 0.3 is 0 Å². The molecule has 0 bridgehead atoms. The second kappa shape index (κ2) is 8.73. The molecule has 0 aromatic heterocycles. The van der Waals surface area contributed by atoms with Gasteiger partial charge in [-0.3, -0.25) is 4.99 Å². The van der Waals surface area contributed by atoms with Crippen molar-refractivity contribution in [1.29, 1.82) is 0 Å². The van der Waals surface area contributed by atoms with E-state index in [9.17, 15) is 4.39 Å². The lowest BCUT2D eigenvalue weighted by atomic mass is 10.1. The molecule has 144 valence electrons. The Morgan fingerprint density at radius 1 is 1.22 bits per heavy atom. The third-order valence-corrected chi connectivity index (χ3v) is 4.40. The normalized spacial score (nSPS) is 14.1. The molecule has 0 spiro atoms. The average Bonchev–Trinajstić information content (AvgIpc) is 3.14. The topological polar surface area (TPSA) is 55.3 Å². The fourth-order valence-corrected chi connectivity index (χ4v) is 2.97. The summed E-state index contributed by atoms with van der Waals surface area (Å²) in [5.41, 5.74) is 1.99. The first-order chi connectivity index (χ1) is 13.1. The van der Waals surface area contributed by atoms with Crippen LogP contribution in [0, 0.1) is 5.82 Å². The Morgan fingerprint density at radius 2 is 1.96 bits per heavy atom. The number of fused-ring (bicyclic) bond motifs is 1. The van der Waals surface area contributed by atoms with Gasteiger partial charge in [0.1, 0.15) is 5.82 Å². The Morgan fingerprint density at radius 3 is 2.67 bits per heavy atom. The summed E-state index contributed by atoms with van der Waals surface area (Å²) in [4.78, 5) is 6.34. The van der Waals surface area contributed by atoms with E-state index in [1.54, 1.807) is 26.3 Å². The number of benzene rings is 2. The zero-order valence-electron chi connectivity index (χ0n) is 15.7. The van der Waals surface area contributed by atoms with E-state index in [1.807, 2.05) is 30.1 Å². The zero-order chi connectivity index (χ0) is 19.2. The van der Waals surface area contributed by atoms with Crippen LogP contribution in [0.1, 0.15) is 17.2 Å². The fraction of sp³-hybridized carbons (Fsp3) is 0.350. The second-order valence-corrected chi connectivity index (χ2v) is 6.25. The average molecular weight is 373 g/mol. The molecule has 1 aliphatic heterocycles. The molecule has 7 heteroatoms. The summed E-state index contributed by atoms with van der Waals surface area (Å²) < 4.78 is 29.4. The van der Waals surface area contributed by atoms with Crippen molar-refractivity contribution in [3.63, 3.8) is 0 Å². The lowest BCUT2D eigenvalue weighted by molar-refractivity contribution is 0.106. The van der Waals surface area contributed by atoms with Crippen molar-refractivity contribution in [2.24, 2.45) is 4.99 Å². The molecular formula is C20H24FN3O3. The van der Waals surface area contributed by atoms with E-state index in [0.29, 0.717) is 13.1 Å². The van der Waals surface area contributed by atoms with E-state index in [1.165, 1.54) is 12.1 Å². The zero-order valence-corrected chi connectivity index (χ0v) is 15.7. The van der Waals surface area contributed by atoms with Gasteiger partial charge in [0.25, 0.3) is 0 Å². The molecule has 0 saturated carbocycles. The first-order valence-corrected chi connectivity index (χ1v) is 8.69. The Kier molecular flexibility index (Phi) is 6.13. The van der Waals surface area contributed by atoms with Gasteiger partial charge in [0, 0.05) is 34.3 Å². The number of aliphatic imine (C=N–C) groups is 1. The highest BCUT2D eigenvalue weighted by molar-refractivity contribution is 5.79. The number of hydrogen-bond acceptors (Lipinski definition) is 4. The number of nitrogens with zero attached hydrogens (tertiary/aromatic N) is 2. The maximum Gasteiger partial charge on any atom is 0.231 e. The van der Waals surface area contributed by atoms with E-state index in [0.717, 1.165) is 28.6 Å². The predicted octanol–water partition coefficient (Wildman–Crippen LogP) is 2.95. The number of nitrogens with one attached hydrogen (secondary N) is 1. The van der Waals surface area contributed by atoms with E-state index < -0.39 is 0 Å². The van der Waals surface area contributed by atoms with Crippen LogP contribution in [-0.2, 0) is 11.3 Å². The number of guanidine groups is 1. The van der Waals surface area contributed by atoms with Crippen LogP contribution in [0.3, 0.4) is 0 Å². The van der Waals surface area contributed by atoms with Crippen molar-refractivity contribution in [3.05, 3.63) is 59.4 Å². The SMILES string of the molecule is CN=C(NCC(OC)c1ccc(F)cc1)N(C)Cc1ccc2c(c1)OCO2. The van der Waals surface area contributed by atoms with Gasteiger partial charge in [0.2, 0.25) is 6.79 Å². The molecule has 0 saturated heterocycles. The van der Waals surface area contributed by atoms with Crippen molar-refractivity contribution >= 4 is 5.96 Å². The lowest BCUT2D eigenvalue weighted by Gasteiger charge is -2.24. The summed E-state index contributed by atoms with van der Waals surface area (Å²) in [5.74, 6) is 2.00. The molecule has 2 aromatic rings. The summed E-state index contributed by atoms with van der Waals surface area (Å²) in [6.07, 6.45) is -0.207. The van der Waals surface area contributed by atoms with Gasteiger partial charge in [-0.25, -0.2) is 4.39 Å². The molecule has 1 N–H and O–H groups in total. The molecule has 1 heterocycles. The maximum absolute atomic E-state index is 13.1. The Balaban J connectivity index is 1.59. The monoisotopic (exact) mass is 373 g/mol. The van der Waals surface area contributed by atoms with Gasteiger partial charge in [-0.2, -0.15) is 0 Å². The van der Waals surface area contributed by atoms with E-state index in [2.05, 4.69) is 10.3 Å². The Bertz CT molecular complexity index is 796. The van der Waals surface area contributed by atoms with Crippen LogP contribution in [0.4, 0.5) is 4.39 Å². The Labute approximate surface area is 158 Å². The number of ether oxygens (including phenoxy) is 3. The highest BCUT2D eigenvalue weighted by Gasteiger charge is 2.16. The molecule has 0 aliphatic carbocycles. The van der Waals surface area contributed by atoms with E-state index in [-0.39, 0.29) is 18.7 Å². The standard InChI is InChI=1S/C20H24FN3O3/c1-22-20(23-11-19(25-3)15-5-7-16(21)8-6-15)24(2)12-14-4-9-17-18(10-14)27-13-26-17/h4-10,19H,11-13H2,1-3H3,(H,22,23). The smallest absolute Gasteiger partial charge is 0.231 e. The van der Waals surface area contributed by atoms with Gasteiger partial charge in [-0.1, -0.05) is 18.2 Å². The van der Waals surface area contributed by atoms with Crippen molar-refractivity contribution in [3.8, 4) is 11.5 Å². The molecule has 1 aliphatic rings. The minimum Gasteiger partial charge on any atom is -0.454 e. The number of halogens is 1. The highest BCUT2D eigenvalue weighted by Crippen LogP contribution is 2.32. The molecule has 2 aromatic carbocycles. The summed E-state index contributed by atoms with van der Waals surface area (Å²) >= 11 is 0. The second-order valence-electron chi connectivity index (χ2n) is 6.25. The molecule has 1 unspecified atom stereocenters. The van der Waals surface area contributed by atoms with Crippen LogP contribution in [-0.4, -0.2) is 45.4 Å². The predicted molar refractivity (Wildman–Crippen MR) is 102 cm³/mol. The van der Waals surface area contributed by atoms with E-state index >= 15 is 0 Å². The number of rotatable bonds is 6. The molecule has 0 radical (unpaired) electrons. The first-order valence-electron chi connectivity index (χ1n) is 8.69. The van der Waals surface area contributed by atoms with Crippen molar-refractivity contribution < 1.29 is 18.6 Å². The van der Waals surface area contributed by atoms with Gasteiger partial charge in [-0.15, -0.1) is 0 Å². The summed E-state index contributed by atoms with van der Waals surface area (Å²) in [7, 11) is 5.33. The van der Waals surface area contributed by atoms with Gasteiger partial charge in [0.05, 0.1) is 6.10 Å². The van der Waals surface area contributed by atoms with Crippen LogP contribution in [0.15, 0.2) is 47.5 Å². The number of hydrogen-bond donors (Lipinski definition) is 1. The molecule has 3 rings (SSSR count). The van der Waals surface area contributed by atoms with E-state index in [4.69, 9.17) is 14.2 Å². The summed E-state index contributed by atoms with van der Waals surface area (Å²) in [6.45, 7) is 1.43. The van der Waals surface area contributed by atoms with Crippen molar-refractivity contribution in [1.82, 2.24) is 10.2 Å². The maximum atomic E-state index is 13.1. The minimum absolute atomic E-state index is 0.207.